The molecule has 0 N–H and O–H groups in total. The van der Waals surface area contributed by atoms with Crippen LogP contribution in [-0.2, 0) is 16.0 Å². The molecule has 116 valence electrons. The molecule has 0 saturated carbocycles. The second-order valence-electron chi connectivity index (χ2n) is 5.59. The van der Waals surface area contributed by atoms with Gasteiger partial charge >= 0.3 is 11.9 Å². The van der Waals surface area contributed by atoms with E-state index in [1.165, 1.54) is 11.7 Å². The molecule has 0 radical (unpaired) electrons. The van der Waals surface area contributed by atoms with Crippen LogP contribution in [0, 0.1) is 6.92 Å². The number of methoxy groups -OCH3 is 1. The van der Waals surface area contributed by atoms with E-state index in [1.54, 1.807) is 34.6 Å². The molecule has 0 spiro atoms. The lowest BCUT2D eigenvalue weighted by Gasteiger charge is -2.20. The Labute approximate surface area is 124 Å². The summed E-state index contributed by atoms with van der Waals surface area (Å²) in [4.78, 5) is 35.6. The lowest BCUT2D eigenvalue weighted by molar-refractivity contribution is 0.00533. The number of carbonyl (C=O) groups is 3. The van der Waals surface area contributed by atoms with Crippen LogP contribution >= 0.6 is 0 Å². The van der Waals surface area contributed by atoms with Crippen molar-refractivity contribution in [1.82, 2.24) is 4.57 Å². The summed E-state index contributed by atoms with van der Waals surface area (Å²) in [5.74, 6) is -1.32. The first-order chi connectivity index (χ1) is 9.67. The van der Waals surface area contributed by atoms with Gasteiger partial charge in [0.1, 0.15) is 11.3 Å². The fourth-order valence-corrected chi connectivity index (χ4v) is 2.13. The molecular formula is C15H21NO5. The molecule has 0 atom stereocenters. The summed E-state index contributed by atoms with van der Waals surface area (Å²) in [6, 6.07) is 0. The minimum Gasteiger partial charge on any atom is -0.465 e. The zero-order chi connectivity index (χ0) is 16.4. The Morgan fingerprint density at radius 1 is 1.24 bits per heavy atom. The fourth-order valence-electron chi connectivity index (χ4n) is 2.13. The van der Waals surface area contributed by atoms with Crippen LogP contribution in [0.3, 0.4) is 0 Å². The summed E-state index contributed by atoms with van der Waals surface area (Å²) in [5.41, 5.74) is 0.121. The highest BCUT2D eigenvalue weighted by atomic mass is 16.6. The third-order valence-corrected chi connectivity index (χ3v) is 2.97. The summed E-state index contributed by atoms with van der Waals surface area (Å²) in [7, 11) is 1.23. The average Bonchev–Trinajstić information content (AvgIpc) is 2.67. The van der Waals surface area contributed by atoms with Gasteiger partial charge < -0.3 is 14.0 Å². The van der Waals surface area contributed by atoms with Gasteiger partial charge in [-0.2, -0.15) is 0 Å². The van der Waals surface area contributed by atoms with Crippen molar-refractivity contribution >= 4 is 18.2 Å². The molecule has 0 unspecified atom stereocenters. The molecule has 1 aromatic heterocycles. The molecule has 0 aliphatic carbocycles. The van der Waals surface area contributed by atoms with Crippen molar-refractivity contribution < 1.29 is 23.9 Å². The highest BCUT2D eigenvalue weighted by Crippen LogP contribution is 2.25. The molecule has 0 aromatic carbocycles. The second kappa shape index (κ2) is 6.11. The zero-order valence-corrected chi connectivity index (χ0v) is 13.3. The number of rotatable bonds is 4. The van der Waals surface area contributed by atoms with Gasteiger partial charge in [-0.1, -0.05) is 0 Å². The van der Waals surface area contributed by atoms with Gasteiger partial charge in [-0.25, -0.2) is 9.59 Å². The first kappa shape index (κ1) is 16.9. The third-order valence-electron chi connectivity index (χ3n) is 2.97. The predicted molar refractivity (Wildman–Crippen MR) is 76.7 cm³/mol. The van der Waals surface area contributed by atoms with Crippen molar-refractivity contribution in [1.29, 1.82) is 0 Å². The smallest absolute Gasteiger partial charge is 0.356 e. The lowest BCUT2D eigenvalue weighted by atomic mass is 10.1. The first-order valence-corrected chi connectivity index (χ1v) is 6.67. The highest BCUT2D eigenvalue weighted by molar-refractivity contribution is 6.05. The van der Waals surface area contributed by atoms with Gasteiger partial charge in [0.2, 0.25) is 0 Å². The van der Waals surface area contributed by atoms with Crippen molar-refractivity contribution in [2.75, 3.05) is 7.11 Å². The highest BCUT2D eigenvalue weighted by Gasteiger charge is 2.31. The third kappa shape index (κ3) is 3.32. The van der Waals surface area contributed by atoms with Crippen LogP contribution in [0.2, 0.25) is 0 Å². The number of esters is 2. The molecular weight excluding hydrogens is 274 g/mol. The molecule has 0 aliphatic rings. The maximum absolute atomic E-state index is 12.4. The van der Waals surface area contributed by atoms with Crippen LogP contribution in [0.5, 0.6) is 0 Å². The van der Waals surface area contributed by atoms with Crippen molar-refractivity contribution in [2.45, 2.75) is 46.8 Å². The van der Waals surface area contributed by atoms with Gasteiger partial charge in [-0.05, 0) is 40.2 Å². The summed E-state index contributed by atoms with van der Waals surface area (Å²) in [6.07, 6.45) is 0.624. The van der Waals surface area contributed by atoms with Crippen molar-refractivity contribution in [3.05, 3.63) is 22.5 Å². The fraction of sp³-hybridized carbons (Fsp3) is 0.533. The number of carbonyl (C=O) groups excluding carboxylic acids is 3. The molecule has 1 heterocycles. The number of nitrogens with zero attached hydrogens (tertiary/aromatic N) is 1. The normalized spacial score (nSPS) is 11.1. The number of aromatic nitrogens is 1. The van der Waals surface area contributed by atoms with E-state index in [1.807, 2.05) is 0 Å². The summed E-state index contributed by atoms with van der Waals surface area (Å²) in [5, 5.41) is 0. The van der Waals surface area contributed by atoms with Crippen LogP contribution in [0.25, 0.3) is 0 Å². The lowest BCUT2D eigenvalue weighted by Crippen LogP contribution is -2.27. The molecule has 21 heavy (non-hydrogen) atoms. The van der Waals surface area contributed by atoms with Gasteiger partial charge in [-0.15, -0.1) is 0 Å². The second-order valence-corrected chi connectivity index (χ2v) is 5.59. The SMILES string of the molecule is CCn1c(C=O)c(C)c(C(=O)OC)c1C(=O)OC(C)(C)C. The Balaban J connectivity index is 3.57. The Morgan fingerprint density at radius 3 is 2.19 bits per heavy atom. The topological polar surface area (TPSA) is 74.6 Å². The minimum atomic E-state index is -0.706. The monoisotopic (exact) mass is 295 g/mol. The van der Waals surface area contributed by atoms with E-state index in [0.717, 1.165) is 0 Å². The molecule has 0 amide bonds. The van der Waals surface area contributed by atoms with Crippen LogP contribution in [0.15, 0.2) is 0 Å². The van der Waals surface area contributed by atoms with Crippen molar-refractivity contribution in [2.24, 2.45) is 0 Å². The van der Waals surface area contributed by atoms with Gasteiger partial charge in [0, 0.05) is 6.54 Å². The number of aldehydes is 1. The number of ether oxygens (including phenoxy) is 2. The molecule has 1 rings (SSSR count). The maximum Gasteiger partial charge on any atom is 0.356 e. The average molecular weight is 295 g/mol. The molecule has 0 fully saturated rings. The maximum atomic E-state index is 12.4. The van der Waals surface area contributed by atoms with E-state index >= 15 is 0 Å². The minimum absolute atomic E-state index is 0.0545. The van der Waals surface area contributed by atoms with Gasteiger partial charge in [0.25, 0.3) is 0 Å². The molecule has 1 aromatic rings. The molecule has 6 heteroatoms. The molecule has 0 bridgehead atoms. The number of hydrogen-bond donors (Lipinski definition) is 0. The van der Waals surface area contributed by atoms with E-state index in [-0.39, 0.29) is 17.0 Å². The molecule has 0 aliphatic heterocycles. The van der Waals surface area contributed by atoms with Crippen LogP contribution in [-0.4, -0.2) is 35.5 Å². The summed E-state index contributed by atoms with van der Waals surface area (Å²) in [6.45, 7) is 8.94. The summed E-state index contributed by atoms with van der Waals surface area (Å²) >= 11 is 0. The van der Waals surface area contributed by atoms with E-state index in [2.05, 4.69) is 0 Å². The Kier molecular flexibility index (Phi) is 4.93. The van der Waals surface area contributed by atoms with Crippen molar-refractivity contribution in [3.63, 3.8) is 0 Å². The van der Waals surface area contributed by atoms with Crippen LogP contribution < -0.4 is 0 Å². The van der Waals surface area contributed by atoms with Crippen LogP contribution in [0.1, 0.15) is 64.6 Å². The Hall–Kier alpha value is -2.11. The Bertz CT molecular complexity index is 578. The Morgan fingerprint density at radius 2 is 1.81 bits per heavy atom. The standard InChI is InChI=1S/C15H21NO5/c1-7-16-10(8-17)9(2)11(13(18)20-6)12(16)14(19)21-15(3,4)5/h8H,7H2,1-6H3. The number of hydrogen-bond acceptors (Lipinski definition) is 5. The largest absolute Gasteiger partial charge is 0.465 e. The van der Waals surface area contributed by atoms with E-state index in [0.29, 0.717) is 18.4 Å². The van der Waals surface area contributed by atoms with Crippen molar-refractivity contribution in [3.8, 4) is 0 Å². The van der Waals surface area contributed by atoms with E-state index in [4.69, 9.17) is 9.47 Å². The predicted octanol–water partition coefficient (Wildman–Crippen LogP) is 2.37. The van der Waals surface area contributed by atoms with Crippen LogP contribution in [0.4, 0.5) is 0 Å². The zero-order valence-electron chi connectivity index (χ0n) is 13.3. The van der Waals surface area contributed by atoms with E-state index < -0.39 is 17.5 Å². The molecule has 0 saturated heterocycles. The first-order valence-electron chi connectivity index (χ1n) is 6.67. The quantitative estimate of drug-likeness (QED) is 0.629. The summed E-state index contributed by atoms with van der Waals surface area (Å²) < 4.78 is 11.5. The molecule has 6 nitrogen and oxygen atoms in total. The van der Waals surface area contributed by atoms with Gasteiger partial charge in [0.05, 0.1) is 18.4 Å². The van der Waals surface area contributed by atoms with E-state index in [9.17, 15) is 14.4 Å². The van der Waals surface area contributed by atoms with Gasteiger partial charge in [0.15, 0.2) is 6.29 Å². The van der Waals surface area contributed by atoms with Gasteiger partial charge in [-0.3, -0.25) is 4.79 Å².